The van der Waals surface area contributed by atoms with Crippen LogP contribution in [-0.4, -0.2) is 32.0 Å². The van der Waals surface area contributed by atoms with Gasteiger partial charge in [-0.3, -0.25) is 9.59 Å². The monoisotopic (exact) mass is 249 g/mol. The van der Waals surface area contributed by atoms with Gasteiger partial charge in [0.1, 0.15) is 0 Å². The molecule has 0 atom stereocenters. The van der Waals surface area contributed by atoms with E-state index in [1.54, 1.807) is 6.07 Å². The standard InChI is InChI=1S/C13H19N3O2/c1-10(17)15-6-7-16-13(18)12-5-3-4-11(8-12)9-14-2/h3-5,8,14H,6-7,9H2,1-2H3,(H,15,17)(H,16,18). The van der Waals surface area contributed by atoms with Crippen molar-refractivity contribution in [2.45, 2.75) is 13.5 Å². The zero-order valence-electron chi connectivity index (χ0n) is 10.7. The Kier molecular flexibility index (Phi) is 5.87. The SMILES string of the molecule is CNCc1cccc(C(=O)NCCNC(C)=O)c1. The van der Waals surface area contributed by atoms with Crippen LogP contribution in [0.15, 0.2) is 24.3 Å². The van der Waals surface area contributed by atoms with Crippen LogP contribution in [0.2, 0.25) is 0 Å². The maximum absolute atomic E-state index is 11.8. The Balaban J connectivity index is 2.45. The highest BCUT2D eigenvalue weighted by atomic mass is 16.2. The van der Waals surface area contributed by atoms with Crippen molar-refractivity contribution >= 4 is 11.8 Å². The third kappa shape index (κ3) is 4.97. The topological polar surface area (TPSA) is 70.2 Å². The lowest BCUT2D eigenvalue weighted by atomic mass is 10.1. The molecule has 5 nitrogen and oxygen atoms in total. The summed E-state index contributed by atoms with van der Waals surface area (Å²) in [7, 11) is 1.86. The Bertz CT molecular complexity index is 418. The van der Waals surface area contributed by atoms with Crippen LogP contribution < -0.4 is 16.0 Å². The van der Waals surface area contributed by atoms with Crippen molar-refractivity contribution in [3.8, 4) is 0 Å². The molecule has 0 aliphatic heterocycles. The molecule has 5 heteroatoms. The molecule has 98 valence electrons. The van der Waals surface area contributed by atoms with Gasteiger partial charge in [0, 0.05) is 32.1 Å². The van der Waals surface area contributed by atoms with E-state index in [9.17, 15) is 9.59 Å². The minimum atomic E-state index is -0.127. The van der Waals surface area contributed by atoms with Crippen LogP contribution >= 0.6 is 0 Å². The second-order valence-electron chi connectivity index (χ2n) is 3.97. The summed E-state index contributed by atoms with van der Waals surface area (Å²) in [4.78, 5) is 22.4. The molecule has 2 amide bonds. The molecule has 0 radical (unpaired) electrons. The van der Waals surface area contributed by atoms with Crippen LogP contribution in [0.4, 0.5) is 0 Å². The Morgan fingerprint density at radius 1 is 1.17 bits per heavy atom. The normalized spacial score (nSPS) is 9.89. The zero-order valence-corrected chi connectivity index (χ0v) is 10.7. The van der Waals surface area contributed by atoms with Crippen LogP contribution in [0.1, 0.15) is 22.8 Å². The predicted octanol–water partition coefficient (Wildman–Crippen LogP) is 0.272. The average Bonchev–Trinajstić information content (AvgIpc) is 2.35. The van der Waals surface area contributed by atoms with Gasteiger partial charge in [-0.2, -0.15) is 0 Å². The van der Waals surface area contributed by atoms with Crippen LogP contribution in [0, 0.1) is 0 Å². The van der Waals surface area contributed by atoms with Gasteiger partial charge in [0.25, 0.3) is 5.91 Å². The highest BCUT2D eigenvalue weighted by Gasteiger charge is 2.05. The molecule has 1 aromatic carbocycles. The molecule has 0 bridgehead atoms. The summed E-state index contributed by atoms with van der Waals surface area (Å²) < 4.78 is 0. The van der Waals surface area contributed by atoms with E-state index in [4.69, 9.17) is 0 Å². The maximum atomic E-state index is 11.8. The minimum absolute atomic E-state index is 0.0970. The van der Waals surface area contributed by atoms with Crippen molar-refractivity contribution in [2.24, 2.45) is 0 Å². The van der Waals surface area contributed by atoms with Crippen molar-refractivity contribution in [3.05, 3.63) is 35.4 Å². The highest BCUT2D eigenvalue weighted by Crippen LogP contribution is 2.04. The number of benzene rings is 1. The first kappa shape index (κ1) is 14.2. The third-order valence-corrected chi connectivity index (χ3v) is 2.35. The van der Waals surface area contributed by atoms with E-state index in [-0.39, 0.29) is 11.8 Å². The third-order valence-electron chi connectivity index (χ3n) is 2.35. The largest absolute Gasteiger partial charge is 0.355 e. The molecule has 1 rings (SSSR count). The smallest absolute Gasteiger partial charge is 0.251 e. The minimum Gasteiger partial charge on any atom is -0.355 e. The summed E-state index contributed by atoms with van der Waals surface area (Å²) in [6.07, 6.45) is 0. The summed E-state index contributed by atoms with van der Waals surface area (Å²) in [5.41, 5.74) is 1.69. The average molecular weight is 249 g/mol. The summed E-state index contributed by atoms with van der Waals surface area (Å²) >= 11 is 0. The predicted molar refractivity (Wildman–Crippen MR) is 70.2 cm³/mol. The fraction of sp³-hybridized carbons (Fsp3) is 0.385. The number of hydrogen-bond donors (Lipinski definition) is 3. The van der Waals surface area contributed by atoms with Gasteiger partial charge in [-0.15, -0.1) is 0 Å². The van der Waals surface area contributed by atoms with Crippen molar-refractivity contribution in [3.63, 3.8) is 0 Å². The molecule has 0 aliphatic carbocycles. The Hall–Kier alpha value is -1.88. The Labute approximate surface area is 107 Å². The van der Waals surface area contributed by atoms with E-state index in [1.165, 1.54) is 6.92 Å². The number of rotatable bonds is 6. The van der Waals surface area contributed by atoms with Crippen LogP contribution in [0.3, 0.4) is 0 Å². The van der Waals surface area contributed by atoms with Crippen LogP contribution in [0.5, 0.6) is 0 Å². The first-order chi connectivity index (χ1) is 8.63. The molecule has 3 N–H and O–H groups in total. The van der Waals surface area contributed by atoms with Crippen LogP contribution in [-0.2, 0) is 11.3 Å². The van der Waals surface area contributed by atoms with E-state index in [0.717, 1.165) is 12.1 Å². The molecule has 0 unspecified atom stereocenters. The van der Waals surface area contributed by atoms with E-state index < -0.39 is 0 Å². The summed E-state index contributed by atoms with van der Waals surface area (Å²) in [5.74, 6) is -0.224. The molecule has 0 aliphatic rings. The molecule has 0 spiro atoms. The number of nitrogens with one attached hydrogen (secondary N) is 3. The second kappa shape index (κ2) is 7.45. The Morgan fingerprint density at radius 3 is 2.56 bits per heavy atom. The summed E-state index contributed by atoms with van der Waals surface area (Å²) in [5, 5.41) is 8.41. The lowest BCUT2D eigenvalue weighted by Crippen LogP contribution is -2.33. The number of hydrogen-bond acceptors (Lipinski definition) is 3. The van der Waals surface area contributed by atoms with E-state index >= 15 is 0 Å². The number of carbonyl (C=O) groups is 2. The van der Waals surface area contributed by atoms with Gasteiger partial charge in [0.05, 0.1) is 0 Å². The Morgan fingerprint density at radius 2 is 1.89 bits per heavy atom. The maximum Gasteiger partial charge on any atom is 0.251 e. The van der Waals surface area contributed by atoms with Gasteiger partial charge in [0.2, 0.25) is 5.91 Å². The lowest BCUT2D eigenvalue weighted by Gasteiger charge is -2.07. The van der Waals surface area contributed by atoms with Gasteiger partial charge < -0.3 is 16.0 Å². The first-order valence-electron chi connectivity index (χ1n) is 5.89. The quantitative estimate of drug-likeness (QED) is 0.634. The van der Waals surface area contributed by atoms with Crippen molar-refractivity contribution in [1.29, 1.82) is 0 Å². The van der Waals surface area contributed by atoms with Gasteiger partial charge in [-0.1, -0.05) is 12.1 Å². The number of carbonyl (C=O) groups excluding carboxylic acids is 2. The lowest BCUT2D eigenvalue weighted by molar-refractivity contribution is -0.118. The summed E-state index contributed by atoms with van der Waals surface area (Å²) in [6, 6.07) is 7.44. The van der Waals surface area contributed by atoms with Gasteiger partial charge in [-0.25, -0.2) is 0 Å². The zero-order chi connectivity index (χ0) is 13.4. The molecule has 18 heavy (non-hydrogen) atoms. The van der Waals surface area contributed by atoms with Gasteiger partial charge in [0.15, 0.2) is 0 Å². The van der Waals surface area contributed by atoms with E-state index in [2.05, 4.69) is 16.0 Å². The van der Waals surface area contributed by atoms with Gasteiger partial charge >= 0.3 is 0 Å². The molecule has 0 aromatic heterocycles. The molecular weight excluding hydrogens is 230 g/mol. The molecule has 0 fully saturated rings. The van der Waals surface area contributed by atoms with Crippen LogP contribution in [0.25, 0.3) is 0 Å². The molecule has 0 saturated heterocycles. The molecule has 1 aromatic rings. The second-order valence-corrected chi connectivity index (χ2v) is 3.97. The van der Waals surface area contributed by atoms with Gasteiger partial charge in [-0.05, 0) is 24.7 Å². The van der Waals surface area contributed by atoms with Crippen molar-refractivity contribution in [2.75, 3.05) is 20.1 Å². The molecule has 0 saturated carbocycles. The first-order valence-corrected chi connectivity index (χ1v) is 5.89. The number of amides is 2. The van der Waals surface area contributed by atoms with Crippen molar-refractivity contribution in [1.82, 2.24) is 16.0 Å². The van der Waals surface area contributed by atoms with E-state index in [0.29, 0.717) is 18.7 Å². The molecule has 0 heterocycles. The highest BCUT2D eigenvalue weighted by molar-refractivity contribution is 5.94. The fourth-order valence-corrected chi connectivity index (χ4v) is 1.54. The van der Waals surface area contributed by atoms with E-state index in [1.807, 2.05) is 25.2 Å². The fourth-order valence-electron chi connectivity index (χ4n) is 1.54. The molecular formula is C13H19N3O2. The summed E-state index contributed by atoms with van der Waals surface area (Å²) in [6.45, 7) is 3.04. The van der Waals surface area contributed by atoms with Crippen molar-refractivity contribution < 1.29 is 9.59 Å².